The number of rotatable bonds is 5. The Bertz CT molecular complexity index is 187. The predicted molar refractivity (Wildman–Crippen MR) is 51.2 cm³/mol. The van der Waals surface area contributed by atoms with Gasteiger partial charge in [-0.05, 0) is 12.2 Å². The van der Waals surface area contributed by atoms with Crippen molar-refractivity contribution in [2.24, 2.45) is 5.73 Å². The third-order valence-electron chi connectivity index (χ3n) is 1.28. The van der Waals surface area contributed by atoms with E-state index in [2.05, 4.69) is 22.7 Å². The molecule has 0 rings (SSSR count). The van der Waals surface area contributed by atoms with E-state index in [-0.39, 0.29) is 12.6 Å². The van der Waals surface area contributed by atoms with Gasteiger partial charge in [0, 0.05) is 6.92 Å². The normalized spacial score (nSPS) is 11.9. The van der Waals surface area contributed by atoms with Crippen molar-refractivity contribution < 1.29 is 14.3 Å². The van der Waals surface area contributed by atoms with Gasteiger partial charge in [-0.3, -0.25) is 9.59 Å². The zero-order valence-electron chi connectivity index (χ0n) is 7.45. The van der Waals surface area contributed by atoms with Crippen LogP contribution in [0.1, 0.15) is 13.3 Å². The molecule has 0 unspecified atom stereocenters. The van der Waals surface area contributed by atoms with Crippen molar-refractivity contribution >= 4 is 24.5 Å². The maximum atomic E-state index is 11.0. The van der Waals surface area contributed by atoms with Gasteiger partial charge in [0.25, 0.3) is 0 Å². The van der Waals surface area contributed by atoms with Crippen LogP contribution in [0.25, 0.3) is 0 Å². The SMILES string of the molecule is CC(=O)NCOC(=O)[C@H](N)CCS. The number of amides is 1. The molecule has 0 aromatic carbocycles. The molecule has 0 bridgehead atoms. The van der Waals surface area contributed by atoms with Crippen molar-refractivity contribution in [3.05, 3.63) is 0 Å². The fourth-order valence-electron chi connectivity index (χ4n) is 0.573. The number of esters is 1. The molecule has 76 valence electrons. The highest BCUT2D eigenvalue weighted by atomic mass is 32.1. The minimum absolute atomic E-state index is 0.131. The molecule has 0 aromatic heterocycles. The monoisotopic (exact) mass is 206 g/mol. The van der Waals surface area contributed by atoms with Gasteiger partial charge in [0.05, 0.1) is 0 Å². The first-order chi connectivity index (χ1) is 6.07. The van der Waals surface area contributed by atoms with Crippen LogP contribution in [0.3, 0.4) is 0 Å². The molecule has 5 nitrogen and oxygen atoms in total. The first-order valence-electron chi connectivity index (χ1n) is 3.85. The average molecular weight is 206 g/mol. The van der Waals surface area contributed by atoms with Crippen LogP contribution in [-0.2, 0) is 14.3 Å². The minimum atomic E-state index is -0.661. The summed E-state index contributed by atoms with van der Waals surface area (Å²) in [6, 6.07) is -0.661. The number of carbonyl (C=O) groups is 2. The van der Waals surface area contributed by atoms with Crippen LogP contribution in [-0.4, -0.2) is 30.4 Å². The maximum Gasteiger partial charge on any atom is 0.324 e. The number of hydrogen-bond donors (Lipinski definition) is 3. The van der Waals surface area contributed by atoms with E-state index in [0.29, 0.717) is 12.2 Å². The zero-order chi connectivity index (χ0) is 10.3. The number of hydrogen-bond acceptors (Lipinski definition) is 5. The molecule has 0 aromatic rings. The number of carbonyl (C=O) groups excluding carboxylic acids is 2. The van der Waals surface area contributed by atoms with Gasteiger partial charge in [-0.25, -0.2) is 0 Å². The molecule has 3 N–H and O–H groups in total. The molecule has 0 radical (unpaired) electrons. The Balaban J connectivity index is 3.55. The van der Waals surface area contributed by atoms with Crippen molar-refractivity contribution in [1.82, 2.24) is 5.32 Å². The fraction of sp³-hybridized carbons (Fsp3) is 0.714. The maximum absolute atomic E-state index is 11.0. The molecular weight excluding hydrogens is 192 g/mol. The third-order valence-corrected chi connectivity index (χ3v) is 1.54. The van der Waals surface area contributed by atoms with Crippen LogP contribution in [0.2, 0.25) is 0 Å². The quantitative estimate of drug-likeness (QED) is 0.315. The lowest BCUT2D eigenvalue weighted by Crippen LogP contribution is -2.35. The molecule has 0 fully saturated rings. The molecule has 0 aliphatic carbocycles. The Labute approximate surface area is 82.4 Å². The lowest BCUT2D eigenvalue weighted by molar-refractivity contribution is -0.146. The molecule has 0 saturated heterocycles. The first-order valence-corrected chi connectivity index (χ1v) is 4.48. The van der Waals surface area contributed by atoms with Crippen LogP contribution in [0, 0.1) is 0 Å². The molecule has 13 heavy (non-hydrogen) atoms. The second-order valence-electron chi connectivity index (χ2n) is 2.46. The molecule has 0 heterocycles. The standard InChI is InChI=1S/C7H14N2O3S/c1-5(10)9-4-12-7(11)6(8)2-3-13/h6,13H,2-4,8H2,1H3,(H,9,10)/t6-/m1/s1. The summed E-state index contributed by atoms with van der Waals surface area (Å²) in [5.74, 6) is -0.255. The van der Waals surface area contributed by atoms with Crippen molar-refractivity contribution in [3.63, 3.8) is 0 Å². The van der Waals surface area contributed by atoms with E-state index < -0.39 is 12.0 Å². The van der Waals surface area contributed by atoms with Crippen LogP contribution >= 0.6 is 12.6 Å². The van der Waals surface area contributed by atoms with Gasteiger partial charge in [0.15, 0.2) is 6.73 Å². The largest absolute Gasteiger partial charge is 0.443 e. The van der Waals surface area contributed by atoms with Gasteiger partial charge >= 0.3 is 5.97 Å². The van der Waals surface area contributed by atoms with E-state index in [9.17, 15) is 9.59 Å². The van der Waals surface area contributed by atoms with E-state index in [4.69, 9.17) is 5.73 Å². The van der Waals surface area contributed by atoms with Gasteiger partial charge in [-0.1, -0.05) is 0 Å². The van der Waals surface area contributed by atoms with Crippen molar-refractivity contribution in [3.8, 4) is 0 Å². The van der Waals surface area contributed by atoms with Gasteiger partial charge in [0.2, 0.25) is 5.91 Å². The summed E-state index contributed by atoms with van der Waals surface area (Å²) in [6.45, 7) is 1.20. The summed E-state index contributed by atoms with van der Waals surface area (Å²) in [7, 11) is 0. The van der Waals surface area contributed by atoms with E-state index in [1.807, 2.05) is 0 Å². The average Bonchev–Trinajstić information content (AvgIpc) is 2.04. The Kier molecular flexibility index (Phi) is 6.34. The van der Waals surface area contributed by atoms with Crippen LogP contribution in [0.15, 0.2) is 0 Å². The summed E-state index contributed by atoms with van der Waals surface area (Å²) >= 11 is 3.92. The number of thiol groups is 1. The minimum Gasteiger partial charge on any atom is -0.443 e. The zero-order valence-corrected chi connectivity index (χ0v) is 8.34. The fourth-order valence-corrected chi connectivity index (χ4v) is 0.851. The smallest absolute Gasteiger partial charge is 0.324 e. The molecule has 0 aliphatic heterocycles. The Morgan fingerprint density at radius 3 is 2.69 bits per heavy atom. The van der Waals surface area contributed by atoms with E-state index in [0.717, 1.165) is 0 Å². The highest BCUT2D eigenvalue weighted by Crippen LogP contribution is 1.93. The van der Waals surface area contributed by atoms with Gasteiger partial charge < -0.3 is 15.8 Å². The Hall–Kier alpha value is -0.750. The van der Waals surface area contributed by atoms with Gasteiger partial charge in [-0.2, -0.15) is 12.6 Å². The molecule has 1 amide bonds. The summed E-state index contributed by atoms with van der Waals surface area (Å²) in [5.41, 5.74) is 5.41. The van der Waals surface area contributed by atoms with E-state index in [1.165, 1.54) is 6.92 Å². The molecule has 0 aliphatic rings. The van der Waals surface area contributed by atoms with Crippen LogP contribution < -0.4 is 11.1 Å². The highest BCUT2D eigenvalue weighted by molar-refractivity contribution is 7.80. The summed E-state index contributed by atoms with van der Waals surface area (Å²) in [6.07, 6.45) is 0.460. The van der Waals surface area contributed by atoms with Crippen molar-refractivity contribution in [1.29, 1.82) is 0 Å². The second-order valence-corrected chi connectivity index (χ2v) is 2.91. The lowest BCUT2D eigenvalue weighted by Gasteiger charge is -2.09. The van der Waals surface area contributed by atoms with Crippen molar-refractivity contribution in [2.75, 3.05) is 12.5 Å². The summed E-state index contributed by atoms with van der Waals surface area (Å²) < 4.78 is 4.64. The van der Waals surface area contributed by atoms with Crippen molar-refractivity contribution in [2.45, 2.75) is 19.4 Å². The van der Waals surface area contributed by atoms with Crippen LogP contribution in [0.5, 0.6) is 0 Å². The molecule has 0 spiro atoms. The second kappa shape index (κ2) is 6.73. The van der Waals surface area contributed by atoms with Gasteiger partial charge in [0.1, 0.15) is 6.04 Å². The first kappa shape index (κ1) is 12.2. The highest BCUT2D eigenvalue weighted by Gasteiger charge is 2.13. The number of ether oxygens (including phenoxy) is 1. The van der Waals surface area contributed by atoms with Crippen LogP contribution in [0.4, 0.5) is 0 Å². The summed E-state index contributed by atoms with van der Waals surface area (Å²) in [5, 5.41) is 2.32. The summed E-state index contributed by atoms with van der Waals surface area (Å²) in [4.78, 5) is 21.4. The predicted octanol–water partition coefficient (Wildman–Crippen LogP) is -0.730. The number of nitrogens with two attached hydrogens (primary N) is 1. The Morgan fingerprint density at radius 2 is 2.23 bits per heavy atom. The Morgan fingerprint density at radius 1 is 1.62 bits per heavy atom. The van der Waals surface area contributed by atoms with Gasteiger partial charge in [-0.15, -0.1) is 0 Å². The van der Waals surface area contributed by atoms with E-state index in [1.54, 1.807) is 0 Å². The molecule has 6 heteroatoms. The lowest BCUT2D eigenvalue weighted by atomic mass is 10.2. The third kappa shape index (κ3) is 6.41. The van der Waals surface area contributed by atoms with E-state index >= 15 is 0 Å². The molecule has 0 saturated carbocycles. The molecular formula is C7H14N2O3S. The number of nitrogens with one attached hydrogen (secondary N) is 1. The molecule has 1 atom stereocenters. The topological polar surface area (TPSA) is 81.4 Å².